The summed E-state index contributed by atoms with van der Waals surface area (Å²) in [6.45, 7) is 0.0470. The van der Waals surface area contributed by atoms with Crippen LogP contribution < -0.4 is 16.4 Å². The molecule has 0 unspecified atom stereocenters. The normalized spacial score (nSPS) is 11.2. The number of halogens is 3. The Balaban J connectivity index is 2.26. The van der Waals surface area contributed by atoms with Crippen molar-refractivity contribution in [3.8, 4) is 0 Å². The Morgan fingerprint density at radius 1 is 1.24 bits per heavy atom. The fraction of sp³-hybridized carbons (Fsp3) is 0.267. The third kappa shape index (κ3) is 5.31. The number of hydrogen-bond donors (Lipinski definition) is 4. The van der Waals surface area contributed by atoms with Crippen LogP contribution >= 0.6 is 0 Å². The summed E-state index contributed by atoms with van der Waals surface area (Å²) in [5.74, 6) is -1.26. The Labute approximate surface area is 141 Å². The molecule has 2 aromatic rings. The number of alkyl halides is 3. The number of hydrogen-bond acceptors (Lipinski definition) is 6. The molecule has 0 bridgehead atoms. The number of aromatic nitrogens is 2. The van der Waals surface area contributed by atoms with Crippen molar-refractivity contribution in [2.75, 3.05) is 29.5 Å². The Kier molecular flexibility index (Phi) is 5.75. The van der Waals surface area contributed by atoms with Gasteiger partial charge in [-0.15, -0.1) is 0 Å². The van der Waals surface area contributed by atoms with E-state index in [4.69, 9.17) is 10.8 Å². The summed E-state index contributed by atoms with van der Waals surface area (Å²) in [5, 5.41) is 13.6. The van der Waals surface area contributed by atoms with E-state index in [0.29, 0.717) is 18.2 Å². The van der Waals surface area contributed by atoms with E-state index in [2.05, 4.69) is 20.6 Å². The van der Waals surface area contributed by atoms with Gasteiger partial charge in [0.25, 0.3) is 5.91 Å². The number of anilines is 3. The van der Waals surface area contributed by atoms with Crippen molar-refractivity contribution in [2.45, 2.75) is 12.6 Å². The van der Waals surface area contributed by atoms with Crippen LogP contribution in [0.3, 0.4) is 0 Å². The molecule has 1 amide bonds. The number of aliphatic hydroxyl groups is 1. The van der Waals surface area contributed by atoms with Gasteiger partial charge in [0, 0.05) is 30.5 Å². The Morgan fingerprint density at radius 3 is 2.64 bits per heavy atom. The van der Waals surface area contributed by atoms with Crippen LogP contribution in [0.25, 0.3) is 0 Å². The van der Waals surface area contributed by atoms with Crippen molar-refractivity contribution < 1.29 is 23.1 Å². The predicted octanol–water partition coefficient (Wildman–Crippen LogP) is 2.12. The highest BCUT2D eigenvalue weighted by atomic mass is 19.4. The lowest BCUT2D eigenvalue weighted by molar-refractivity contribution is -0.141. The summed E-state index contributed by atoms with van der Waals surface area (Å²) in [6.07, 6.45) is -4.39. The summed E-state index contributed by atoms with van der Waals surface area (Å²) in [7, 11) is 0. The minimum absolute atomic E-state index is 0.134. The topological polar surface area (TPSA) is 113 Å². The second-order valence-corrected chi connectivity index (χ2v) is 5.04. The van der Waals surface area contributed by atoms with E-state index >= 15 is 0 Å². The number of carbonyl (C=O) groups is 1. The van der Waals surface area contributed by atoms with Crippen LogP contribution in [0.4, 0.5) is 30.6 Å². The summed E-state index contributed by atoms with van der Waals surface area (Å²) in [4.78, 5) is 19.3. The van der Waals surface area contributed by atoms with Gasteiger partial charge in [-0.3, -0.25) is 4.79 Å². The zero-order valence-electron chi connectivity index (χ0n) is 13.0. The molecule has 1 aromatic heterocycles. The number of nitrogens with one attached hydrogen (secondary N) is 2. The first kappa shape index (κ1) is 18.5. The maximum atomic E-state index is 13.0. The van der Waals surface area contributed by atoms with Gasteiger partial charge in [-0.1, -0.05) is 6.07 Å². The maximum absolute atomic E-state index is 13.0. The van der Waals surface area contributed by atoms with Gasteiger partial charge in [0.05, 0.1) is 0 Å². The predicted molar refractivity (Wildman–Crippen MR) is 86.0 cm³/mol. The molecule has 0 aliphatic carbocycles. The van der Waals surface area contributed by atoms with Crippen molar-refractivity contribution in [1.82, 2.24) is 9.97 Å². The van der Waals surface area contributed by atoms with Crippen molar-refractivity contribution >= 4 is 23.4 Å². The van der Waals surface area contributed by atoms with Crippen LogP contribution in [0.5, 0.6) is 0 Å². The number of rotatable bonds is 6. The van der Waals surface area contributed by atoms with Crippen LogP contribution in [-0.4, -0.2) is 34.1 Å². The van der Waals surface area contributed by atoms with Gasteiger partial charge < -0.3 is 21.5 Å². The highest BCUT2D eigenvalue weighted by molar-refractivity contribution is 6.04. The Hall–Kier alpha value is -2.88. The number of carbonyl (C=O) groups excluding carboxylic acids is 1. The summed E-state index contributed by atoms with van der Waals surface area (Å²) in [6, 6.07) is 6.63. The molecule has 0 fully saturated rings. The summed E-state index contributed by atoms with van der Waals surface area (Å²) >= 11 is 0. The molecule has 0 atom stereocenters. The van der Waals surface area contributed by atoms with E-state index in [1.54, 1.807) is 12.1 Å². The molecule has 0 radical (unpaired) electrons. The zero-order chi connectivity index (χ0) is 18.4. The quantitative estimate of drug-likeness (QED) is 0.466. The molecule has 7 nitrogen and oxygen atoms in total. The van der Waals surface area contributed by atoms with E-state index in [1.165, 1.54) is 12.1 Å². The van der Waals surface area contributed by atoms with Crippen LogP contribution in [0.1, 0.15) is 22.5 Å². The molecule has 134 valence electrons. The highest BCUT2D eigenvalue weighted by Crippen LogP contribution is 2.29. The van der Waals surface area contributed by atoms with E-state index in [0.717, 1.165) is 0 Å². The highest BCUT2D eigenvalue weighted by Gasteiger charge is 2.34. The lowest BCUT2D eigenvalue weighted by atomic mass is 10.2. The lowest BCUT2D eigenvalue weighted by Gasteiger charge is -2.12. The number of benzene rings is 1. The smallest absolute Gasteiger partial charge is 0.399 e. The van der Waals surface area contributed by atoms with E-state index in [-0.39, 0.29) is 30.5 Å². The first-order chi connectivity index (χ1) is 11.8. The second-order valence-electron chi connectivity index (χ2n) is 5.04. The molecule has 0 spiro atoms. The van der Waals surface area contributed by atoms with Crippen LogP contribution in [0.15, 0.2) is 30.3 Å². The number of nitrogen functional groups attached to an aromatic ring is 1. The van der Waals surface area contributed by atoms with Gasteiger partial charge in [0.1, 0.15) is 5.82 Å². The largest absolute Gasteiger partial charge is 0.433 e. The number of aliphatic hydroxyl groups excluding tert-OH is 1. The van der Waals surface area contributed by atoms with Gasteiger partial charge in [0.15, 0.2) is 5.69 Å². The van der Waals surface area contributed by atoms with Gasteiger partial charge in [0.2, 0.25) is 5.95 Å². The number of nitrogens with two attached hydrogens (primary N) is 1. The molecule has 5 N–H and O–H groups in total. The van der Waals surface area contributed by atoms with Crippen molar-refractivity contribution in [3.05, 3.63) is 41.6 Å². The molecule has 25 heavy (non-hydrogen) atoms. The minimum Gasteiger partial charge on any atom is -0.399 e. The minimum atomic E-state index is -4.70. The molecule has 2 rings (SSSR count). The van der Waals surface area contributed by atoms with Gasteiger partial charge >= 0.3 is 6.18 Å². The SMILES string of the molecule is Nc1cccc(C(=O)Nc2cc(C(F)(F)F)nc(NCCCO)n2)c1. The second kappa shape index (κ2) is 7.79. The van der Waals surface area contributed by atoms with E-state index in [1.807, 2.05) is 0 Å². The van der Waals surface area contributed by atoms with Crippen molar-refractivity contribution in [2.24, 2.45) is 0 Å². The number of nitrogens with zero attached hydrogens (tertiary/aromatic N) is 2. The van der Waals surface area contributed by atoms with Crippen LogP contribution in [-0.2, 0) is 6.18 Å². The zero-order valence-corrected chi connectivity index (χ0v) is 13.0. The molecule has 1 heterocycles. The fourth-order valence-electron chi connectivity index (χ4n) is 1.88. The van der Waals surface area contributed by atoms with Crippen LogP contribution in [0, 0.1) is 0 Å². The van der Waals surface area contributed by atoms with E-state index in [9.17, 15) is 18.0 Å². The molecule has 0 saturated carbocycles. The molecule has 1 aromatic carbocycles. The van der Waals surface area contributed by atoms with Gasteiger partial charge in [-0.05, 0) is 24.6 Å². The third-order valence-corrected chi connectivity index (χ3v) is 3.03. The average molecular weight is 355 g/mol. The monoisotopic (exact) mass is 355 g/mol. The fourth-order valence-corrected chi connectivity index (χ4v) is 1.88. The molecular formula is C15H16F3N5O2. The third-order valence-electron chi connectivity index (χ3n) is 3.03. The lowest BCUT2D eigenvalue weighted by Crippen LogP contribution is -2.18. The van der Waals surface area contributed by atoms with Gasteiger partial charge in [-0.2, -0.15) is 18.2 Å². The molecule has 0 aliphatic heterocycles. The summed E-state index contributed by atoms with van der Waals surface area (Å²) < 4.78 is 38.9. The summed E-state index contributed by atoms with van der Waals surface area (Å²) in [5.41, 5.74) is 4.91. The maximum Gasteiger partial charge on any atom is 0.433 e. The average Bonchev–Trinajstić information content (AvgIpc) is 2.54. The first-order valence-electron chi connectivity index (χ1n) is 7.27. The van der Waals surface area contributed by atoms with Crippen LogP contribution in [0.2, 0.25) is 0 Å². The molecule has 0 saturated heterocycles. The van der Waals surface area contributed by atoms with Crippen molar-refractivity contribution in [1.29, 1.82) is 0 Å². The molecule has 10 heteroatoms. The Morgan fingerprint density at radius 2 is 2.00 bits per heavy atom. The molecule has 0 aliphatic rings. The first-order valence-corrected chi connectivity index (χ1v) is 7.27. The number of amides is 1. The van der Waals surface area contributed by atoms with Gasteiger partial charge in [-0.25, -0.2) is 4.98 Å². The van der Waals surface area contributed by atoms with Crippen molar-refractivity contribution in [3.63, 3.8) is 0 Å². The standard InChI is InChI=1S/C15H16F3N5O2/c16-15(17,18)11-8-12(23-14(21-11)20-5-2-6-24)22-13(25)9-3-1-4-10(19)7-9/h1,3-4,7-8,24H,2,5-6,19H2,(H2,20,21,22,23,25). The Bertz CT molecular complexity index is 752. The van der Waals surface area contributed by atoms with E-state index < -0.39 is 17.8 Å². The molecular weight excluding hydrogens is 339 g/mol.